The molecule has 1 heterocycles. The van der Waals surface area contributed by atoms with E-state index in [2.05, 4.69) is 0 Å². The lowest BCUT2D eigenvalue weighted by Crippen LogP contribution is -2.06. The van der Waals surface area contributed by atoms with Crippen LogP contribution in [0, 0.1) is 0 Å². The molecule has 1 aliphatic rings. The van der Waals surface area contributed by atoms with Gasteiger partial charge in [0, 0.05) is 0 Å². The van der Waals surface area contributed by atoms with Gasteiger partial charge in [-0.1, -0.05) is 42.5 Å². The van der Waals surface area contributed by atoms with Gasteiger partial charge in [-0.05, 0) is 18.6 Å². The number of aliphatic hydroxyl groups is 1. The van der Waals surface area contributed by atoms with E-state index in [1.807, 2.05) is 30.3 Å². The van der Waals surface area contributed by atoms with Crippen molar-refractivity contribution in [2.75, 3.05) is 0 Å². The van der Waals surface area contributed by atoms with Gasteiger partial charge in [-0.15, -0.1) is 0 Å². The van der Waals surface area contributed by atoms with Crippen molar-refractivity contribution in [3.8, 4) is 0 Å². The molecule has 0 bridgehead atoms. The Morgan fingerprint density at radius 1 is 1.26 bits per heavy atom. The molecule has 0 amide bonds. The van der Waals surface area contributed by atoms with Gasteiger partial charge in [-0.3, -0.25) is 4.79 Å². The number of carbonyl (C=O) groups is 2. The van der Waals surface area contributed by atoms with E-state index >= 15 is 0 Å². The number of carbonyl (C=O) groups excluding carboxylic acids is 2. The van der Waals surface area contributed by atoms with Crippen LogP contribution in [0.4, 0.5) is 0 Å². The second-order valence-corrected chi connectivity index (χ2v) is 3.97. The number of esters is 1. The quantitative estimate of drug-likeness (QED) is 0.666. The van der Waals surface area contributed by atoms with Gasteiger partial charge in [0.05, 0.1) is 0 Å². The summed E-state index contributed by atoms with van der Waals surface area (Å²) >= 11 is 0. The summed E-state index contributed by atoms with van der Waals surface area (Å²) in [4.78, 5) is 22.5. The first kappa shape index (κ1) is 12.8. The number of hydrogen-bond acceptors (Lipinski definition) is 4. The summed E-state index contributed by atoms with van der Waals surface area (Å²) < 4.78 is 4.81. The Kier molecular flexibility index (Phi) is 3.61. The van der Waals surface area contributed by atoms with E-state index in [0.717, 1.165) is 5.56 Å². The van der Waals surface area contributed by atoms with Crippen molar-refractivity contribution >= 4 is 17.8 Å². The van der Waals surface area contributed by atoms with E-state index in [0.29, 0.717) is 0 Å². The lowest BCUT2D eigenvalue weighted by atomic mass is 10.1. The minimum Gasteiger partial charge on any atom is -0.504 e. The summed E-state index contributed by atoms with van der Waals surface area (Å²) in [7, 11) is 0. The summed E-state index contributed by atoms with van der Waals surface area (Å²) in [6.07, 6.45) is 4.87. The number of benzene rings is 1. The molecule has 4 heteroatoms. The number of hydrogen-bond donors (Lipinski definition) is 1. The van der Waals surface area contributed by atoms with Crippen LogP contribution in [0.5, 0.6) is 0 Å². The van der Waals surface area contributed by atoms with Gasteiger partial charge in [-0.2, -0.15) is 0 Å². The molecular formula is C15H12O4. The Bertz CT molecular complexity index is 606. The molecule has 0 unspecified atom stereocenters. The van der Waals surface area contributed by atoms with Crippen LogP contribution in [0.15, 0.2) is 59.6 Å². The van der Waals surface area contributed by atoms with Gasteiger partial charge >= 0.3 is 5.97 Å². The number of ether oxygens (including phenoxy) is 1. The Hall–Kier alpha value is -2.62. The summed E-state index contributed by atoms with van der Waals surface area (Å²) in [6.45, 7) is 1.20. The second-order valence-electron chi connectivity index (χ2n) is 3.97. The molecule has 1 aromatic rings. The van der Waals surface area contributed by atoms with Crippen molar-refractivity contribution in [3.05, 3.63) is 65.1 Å². The monoisotopic (exact) mass is 256 g/mol. The minimum atomic E-state index is -0.815. The highest BCUT2D eigenvalue weighted by molar-refractivity contribution is 6.19. The first-order chi connectivity index (χ1) is 9.09. The summed E-state index contributed by atoms with van der Waals surface area (Å²) in [5, 5.41) is 9.70. The fourth-order valence-electron chi connectivity index (χ4n) is 1.65. The van der Waals surface area contributed by atoms with Gasteiger partial charge < -0.3 is 9.84 Å². The van der Waals surface area contributed by atoms with Crippen molar-refractivity contribution in [2.24, 2.45) is 0 Å². The standard InChI is InChI=1S/C15H12O4/c1-10(16)13-14(17)12(19-15(13)18)9-5-8-11-6-3-2-4-7-11/h2-9,17H,1H3/b8-5-,12-9+. The largest absolute Gasteiger partial charge is 0.504 e. The third kappa shape index (κ3) is 2.80. The lowest BCUT2D eigenvalue weighted by Gasteiger charge is -1.94. The number of cyclic esters (lactones) is 1. The summed E-state index contributed by atoms with van der Waals surface area (Å²) in [5.74, 6) is -1.75. The van der Waals surface area contributed by atoms with Crippen LogP contribution >= 0.6 is 0 Å². The molecule has 1 aromatic carbocycles. The molecule has 4 nitrogen and oxygen atoms in total. The molecule has 19 heavy (non-hydrogen) atoms. The molecule has 0 aromatic heterocycles. The van der Waals surface area contributed by atoms with E-state index in [4.69, 9.17) is 4.74 Å². The minimum absolute atomic E-state index is 0.0117. The van der Waals surface area contributed by atoms with Crippen LogP contribution in [-0.2, 0) is 14.3 Å². The molecule has 0 aliphatic carbocycles. The topological polar surface area (TPSA) is 63.6 Å². The van der Waals surface area contributed by atoms with Crippen molar-refractivity contribution in [1.82, 2.24) is 0 Å². The molecular weight excluding hydrogens is 244 g/mol. The lowest BCUT2D eigenvalue weighted by molar-refractivity contribution is -0.134. The van der Waals surface area contributed by atoms with Crippen molar-refractivity contribution in [3.63, 3.8) is 0 Å². The number of aliphatic hydroxyl groups excluding tert-OH is 1. The first-order valence-corrected chi connectivity index (χ1v) is 5.69. The normalized spacial score (nSPS) is 17.3. The average molecular weight is 256 g/mol. The van der Waals surface area contributed by atoms with E-state index in [9.17, 15) is 14.7 Å². The maximum absolute atomic E-state index is 11.3. The molecule has 0 saturated heterocycles. The second kappa shape index (κ2) is 5.35. The predicted molar refractivity (Wildman–Crippen MR) is 70.0 cm³/mol. The van der Waals surface area contributed by atoms with Crippen LogP contribution in [0.3, 0.4) is 0 Å². The molecule has 0 spiro atoms. The van der Waals surface area contributed by atoms with Crippen molar-refractivity contribution in [2.45, 2.75) is 6.92 Å². The molecule has 0 atom stereocenters. The Morgan fingerprint density at radius 3 is 2.53 bits per heavy atom. The molecule has 0 saturated carbocycles. The van der Waals surface area contributed by atoms with Crippen molar-refractivity contribution < 1.29 is 19.4 Å². The van der Waals surface area contributed by atoms with Gasteiger partial charge in [0.1, 0.15) is 5.57 Å². The molecule has 0 fully saturated rings. The zero-order valence-corrected chi connectivity index (χ0v) is 10.3. The molecule has 2 rings (SSSR count). The Balaban J connectivity index is 2.20. The fraction of sp³-hybridized carbons (Fsp3) is 0.0667. The zero-order chi connectivity index (χ0) is 13.8. The van der Waals surface area contributed by atoms with Crippen LogP contribution in [0.1, 0.15) is 12.5 Å². The van der Waals surface area contributed by atoms with Crippen LogP contribution in [0.25, 0.3) is 6.08 Å². The highest BCUT2D eigenvalue weighted by Crippen LogP contribution is 2.24. The van der Waals surface area contributed by atoms with E-state index in [1.165, 1.54) is 13.0 Å². The number of Topliss-reactive ketones (excluding diaryl/α,β-unsaturated/α-hetero) is 1. The maximum atomic E-state index is 11.3. The Morgan fingerprint density at radius 2 is 1.95 bits per heavy atom. The number of rotatable bonds is 3. The highest BCUT2D eigenvalue weighted by atomic mass is 16.6. The van der Waals surface area contributed by atoms with Gasteiger partial charge in [-0.25, -0.2) is 4.79 Å². The zero-order valence-electron chi connectivity index (χ0n) is 10.3. The number of allylic oxidation sites excluding steroid dienone is 2. The maximum Gasteiger partial charge on any atom is 0.351 e. The van der Waals surface area contributed by atoms with E-state index in [1.54, 1.807) is 12.2 Å². The SMILES string of the molecule is CC(=O)C1=C(O)/C(=C\C=C/c2ccccc2)OC1=O. The van der Waals surface area contributed by atoms with Crippen molar-refractivity contribution in [1.29, 1.82) is 0 Å². The smallest absolute Gasteiger partial charge is 0.351 e. The van der Waals surface area contributed by atoms with Gasteiger partial charge in [0.15, 0.2) is 17.3 Å². The average Bonchev–Trinajstić information content (AvgIpc) is 2.66. The molecule has 96 valence electrons. The van der Waals surface area contributed by atoms with Gasteiger partial charge in [0.2, 0.25) is 0 Å². The molecule has 1 N–H and O–H groups in total. The summed E-state index contributed by atoms with van der Waals surface area (Å²) in [5.41, 5.74) is 0.665. The third-order valence-corrected chi connectivity index (χ3v) is 2.56. The van der Waals surface area contributed by atoms with E-state index in [-0.39, 0.29) is 11.3 Å². The predicted octanol–water partition coefficient (Wildman–Crippen LogP) is 2.54. The van der Waals surface area contributed by atoms with Gasteiger partial charge in [0.25, 0.3) is 0 Å². The number of ketones is 1. The molecule has 0 radical (unpaired) electrons. The Labute approximate surface area is 110 Å². The van der Waals surface area contributed by atoms with Crippen LogP contribution in [-0.4, -0.2) is 16.9 Å². The first-order valence-electron chi connectivity index (χ1n) is 5.69. The molecule has 1 aliphatic heterocycles. The third-order valence-electron chi connectivity index (χ3n) is 2.56. The van der Waals surface area contributed by atoms with E-state index < -0.39 is 17.5 Å². The fourth-order valence-corrected chi connectivity index (χ4v) is 1.65. The summed E-state index contributed by atoms with van der Waals surface area (Å²) in [6, 6.07) is 9.52. The van der Waals surface area contributed by atoms with Crippen LogP contribution < -0.4 is 0 Å². The highest BCUT2D eigenvalue weighted by Gasteiger charge is 2.32. The van der Waals surface area contributed by atoms with Crippen LogP contribution in [0.2, 0.25) is 0 Å².